The molecule has 0 rings (SSSR count). The fourth-order valence-electron chi connectivity index (χ4n) is 0.953. The Morgan fingerprint density at radius 3 is 2.21 bits per heavy atom. The van der Waals surface area contributed by atoms with E-state index in [1.54, 1.807) is 7.11 Å². The van der Waals surface area contributed by atoms with Crippen molar-refractivity contribution in [3.63, 3.8) is 0 Å². The molecule has 0 aromatic heterocycles. The van der Waals surface area contributed by atoms with Crippen molar-refractivity contribution in [2.45, 2.75) is 19.4 Å². The van der Waals surface area contributed by atoms with Crippen LogP contribution in [0.4, 0.5) is 0 Å². The molecule has 4 heteroatoms. The smallest absolute Gasteiger partial charge is 0.0701 e. The minimum atomic E-state index is 0.276. The van der Waals surface area contributed by atoms with Crippen molar-refractivity contribution in [2.75, 3.05) is 47.2 Å². The second-order valence-electron chi connectivity index (χ2n) is 3.13. The van der Waals surface area contributed by atoms with Gasteiger partial charge in [-0.15, -0.1) is 0 Å². The van der Waals surface area contributed by atoms with E-state index in [4.69, 9.17) is 14.2 Å². The molecule has 0 saturated heterocycles. The molecule has 0 aliphatic heterocycles. The highest BCUT2D eigenvalue weighted by Gasteiger charge is 2.05. The normalized spacial score (nSPS) is 13.1. The Morgan fingerprint density at radius 2 is 1.71 bits per heavy atom. The van der Waals surface area contributed by atoms with Gasteiger partial charge in [0.15, 0.2) is 0 Å². The fourth-order valence-corrected chi connectivity index (χ4v) is 0.953. The highest BCUT2D eigenvalue weighted by atomic mass is 16.5. The number of likely N-dealkylation sites (N-methyl/N-ethyl adjacent to an activating group) is 1. The van der Waals surface area contributed by atoms with E-state index in [1.807, 2.05) is 7.05 Å². The monoisotopic (exact) mass is 205 g/mol. The van der Waals surface area contributed by atoms with E-state index >= 15 is 0 Å². The van der Waals surface area contributed by atoms with Crippen LogP contribution in [0.2, 0.25) is 0 Å². The van der Waals surface area contributed by atoms with Crippen molar-refractivity contribution in [1.82, 2.24) is 5.32 Å². The van der Waals surface area contributed by atoms with E-state index in [1.165, 1.54) is 0 Å². The van der Waals surface area contributed by atoms with Crippen LogP contribution < -0.4 is 5.32 Å². The lowest BCUT2D eigenvalue weighted by Gasteiger charge is -2.16. The van der Waals surface area contributed by atoms with Crippen LogP contribution in [-0.4, -0.2) is 53.2 Å². The molecule has 0 aromatic rings. The lowest BCUT2D eigenvalue weighted by Crippen LogP contribution is -2.35. The minimum Gasteiger partial charge on any atom is -0.382 e. The van der Waals surface area contributed by atoms with E-state index in [-0.39, 0.29) is 6.04 Å². The molecule has 0 aliphatic carbocycles. The zero-order valence-corrected chi connectivity index (χ0v) is 9.54. The second kappa shape index (κ2) is 10.9. The summed E-state index contributed by atoms with van der Waals surface area (Å²) in [7, 11) is 3.59. The van der Waals surface area contributed by atoms with E-state index in [0.717, 1.165) is 13.0 Å². The summed E-state index contributed by atoms with van der Waals surface area (Å²) < 4.78 is 15.7. The first-order valence-corrected chi connectivity index (χ1v) is 5.16. The molecule has 14 heavy (non-hydrogen) atoms. The maximum atomic E-state index is 5.42. The van der Waals surface area contributed by atoms with Crippen LogP contribution in [0.25, 0.3) is 0 Å². The van der Waals surface area contributed by atoms with Gasteiger partial charge in [-0.2, -0.15) is 0 Å². The predicted molar refractivity (Wildman–Crippen MR) is 56.7 cm³/mol. The first-order valence-electron chi connectivity index (χ1n) is 5.16. The van der Waals surface area contributed by atoms with Gasteiger partial charge in [-0.25, -0.2) is 0 Å². The number of methoxy groups -OCH3 is 1. The van der Waals surface area contributed by atoms with E-state index in [2.05, 4.69) is 12.2 Å². The predicted octanol–water partition coefficient (Wildman–Crippen LogP) is 0.664. The van der Waals surface area contributed by atoms with Crippen LogP contribution >= 0.6 is 0 Å². The van der Waals surface area contributed by atoms with Gasteiger partial charge >= 0.3 is 0 Å². The molecule has 1 N–H and O–H groups in total. The van der Waals surface area contributed by atoms with Crippen molar-refractivity contribution in [3.8, 4) is 0 Å². The summed E-state index contributed by atoms with van der Waals surface area (Å²) in [5.41, 5.74) is 0. The molecule has 4 nitrogen and oxygen atoms in total. The van der Waals surface area contributed by atoms with Gasteiger partial charge in [-0.1, -0.05) is 6.92 Å². The minimum absolute atomic E-state index is 0.276. The van der Waals surface area contributed by atoms with Crippen LogP contribution in [0, 0.1) is 0 Å². The summed E-state index contributed by atoms with van der Waals surface area (Å²) in [6.07, 6.45) is 1.06. The lowest BCUT2D eigenvalue weighted by atomic mass is 10.3. The van der Waals surface area contributed by atoms with Gasteiger partial charge < -0.3 is 19.5 Å². The Hall–Kier alpha value is -0.160. The average molecular weight is 205 g/mol. The summed E-state index contributed by atoms with van der Waals surface area (Å²) in [4.78, 5) is 0. The Bertz CT molecular complexity index is 112. The summed E-state index contributed by atoms with van der Waals surface area (Å²) in [5.74, 6) is 0. The first kappa shape index (κ1) is 13.8. The maximum absolute atomic E-state index is 5.42. The summed E-state index contributed by atoms with van der Waals surface area (Å²) in [5, 5.41) is 3.15. The topological polar surface area (TPSA) is 39.7 Å². The Balaban J connectivity index is 3.28. The highest BCUT2D eigenvalue weighted by molar-refractivity contribution is 4.61. The van der Waals surface area contributed by atoms with E-state index in [0.29, 0.717) is 26.4 Å². The molecule has 1 atom stereocenters. The van der Waals surface area contributed by atoms with Gasteiger partial charge in [0.2, 0.25) is 0 Å². The van der Waals surface area contributed by atoms with Crippen molar-refractivity contribution >= 4 is 0 Å². The molecule has 0 spiro atoms. The number of hydrogen-bond acceptors (Lipinski definition) is 4. The third-order valence-corrected chi connectivity index (χ3v) is 1.83. The SMILES string of the molecule is CCCOCC(COCCOC)NC. The van der Waals surface area contributed by atoms with Gasteiger partial charge in [0, 0.05) is 13.7 Å². The second-order valence-corrected chi connectivity index (χ2v) is 3.13. The molecule has 0 saturated carbocycles. The number of hydrogen-bond donors (Lipinski definition) is 1. The van der Waals surface area contributed by atoms with Crippen molar-refractivity contribution in [1.29, 1.82) is 0 Å². The zero-order valence-electron chi connectivity index (χ0n) is 9.54. The van der Waals surface area contributed by atoms with Gasteiger partial charge in [0.05, 0.1) is 32.5 Å². The standard InChI is InChI=1S/C10H23NO3/c1-4-5-13-8-10(11-2)9-14-7-6-12-3/h10-11H,4-9H2,1-3H3. The third-order valence-electron chi connectivity index (χ3n) is 1.83. The van der Waals surface area contributed by atoms with Gasteiger partial charge in [0.25, 0.3) is 0 Å². The summed E-state index contributed by atoms with van der Waals surface area (Å²) in [6, 6.07) is 0.276. The van der Waals surface area contributed by atoms with Crippen LogP contribution in [0.15, 0.2) is 0 Å². The van der Waals surface area contributed by atoms with Crippen LogP contribution in [-0.2, 0) is 14.2 Å². The van der Waals surface area contributed by atoms with E-state index < -0.39 is 0 Å². The molecule has 0 amide bonds. The molecular weight excluding hydrogens is 182 g/mol. The quantitative estimate of drug-likeness (QED) is 0.532. The molecule has 0 heterocycles. The maximum Gasteiger partial charge on any atom is 0.0701 e. The lowest BCUT2D eigenvalue weighted by molar-refractivity contribution is 0.0344. The largest absolute Gasteiger partial charge is 0.382 e. The van der Waals surface area contributed by atoms with Crippen LogP contribution in [0.5, 0.6) is 0 Å². The molecule has 1 unspecified atom stereocenters. The number of nitrogens with one attached hydrogen (secondary N) is 1. The average Bonchev–Trinajstić information content (AvgIpc) is 2.22. The van der Waals surface area contributed by atoms with Gasteiger partial charge in [-0.05, 0) is 13.5 Å². The molecular formula is C10H23NO3. The van der Waals surface area contributed by atoms with Gasteiger partial charge in [0.1, 0.15) is 0 Å². The molecule has 0 bridgehead atoms. The van der Waals surface area contributed by atoms with Crippen molar-refractivity contribution in [2.24, 2.45) is 0 Å². The molecule has 0 fully saturated rings. The first-order chi connectivity index (χ1) is 6.85. The Labute approximate surface area is 86.9 Å². The van der Waals surface area contributed by atoms with Crippen LogP contribution in [0.3, 0.4) is 0 Å². The van der Waals surface area contributed by atoms with Crippen molar-refractivity contribution < 1.29 is 14.2 Å². The Kier molecular flexibility index (Phi) is 10.8. The van der Waals surface area contributed by atoms with E-state index in [9.17, 15) is 0 Å². The molecule has 86 valence electrons. The fraction of sp³-hybridized carbons (Fsp3) is 1.00. The van der Waals surface area contributed by atoms with Crippen LogP contribution in [0.1, 0.15) is 13.3 Å². The Morgan fingerprint density at radius 1 is 1.07 bits per heavy atom. The zero-order chi connectivity index (χ0) is 10.6. The molecule has 0 aromatic carbocycles. The number of rotatable bonds is 10. The third kappa shape index (κ3) is 8.44. The highest BCUT2D eigenvalue weighted by Crippen LogP contribution is 1.89. The number of ether oxygens (including phenoxy) is 3. The summed E-state index contributed by atoms with van der Waals surface area (Å²) in [6.45, 7) is 5.58. The summed E-state index contributed by atoms with van der Waals surface area (Å²) >= 11 is 0. The van der Waals surface area contributed by atoms with Gasteiger partial charge in [-0.3, -0.25) is 0 Å². The molecule has 0 radical (unpaired) electrons. The molecule has 0 aliphatic rings. The van der Waals surface area contributed by atoms with Crippen molar-refractivity contribution in [3.05, 3.63) is 0 Å².